The highest BCUT2D eigenvalue weighted by molar-refractivity contribution is 6.03. The fourth-order valence-corrected chi connectivity index (χ4v) is 4.99. The van der Waals surface area contributed by atoms with Crippen molar-refractivity contribution in [2.24, 2.45) is 0 Å². The third-order valence-corrected chi connectivity index (χ3v) is 7.11. The van der Waals surface area contributed by atoms with E-state index in [1.165, 1.54) is 0 Å². The van der Waals surface area contributed by atoms with Gasteiger partial charge >= 0.3 is 5.97 Å². The monoisotopic (exact) mass is 526 g/mol. The van der Waals surface area contributed by atoms with E-state index in [9.17, 15) is 14.7 Å². The van der Waals surface area contributed by atoms with Gasteiger partial charge in [0, 0.05) is 35.3 Å². The molecule has 3 heterocycles. The lowest BCUT2D eigenvalue weighted by atomic mass is 9.99. The molecule has 40 heavy (non-hydrogen) atoms. The summed E-state index contributed by atoms with van der Waals surface area (Å²) >= 11 is 0. The van der Waals surface area contributed by atoms with Crippen LogP contribution in [-0.2, 0) is 6.42 Å². The Morgan fingerprint density at radius 3 is 2.50 bits per heavy atom. The quantitative estimate of drug-likeness (QED) is 0.253. The number of fused-ring (bicyclic) bond motifs is 2. The number of nitrogens with zero attached hydrogens (tertiary/aromatic N) is 3. The molecular weight excluding hydrogens is 500 g/mol. The summed E-state index contributed by atoms with van der Waals surface area (Å²) in [4.78, 5) is 29.5. The summed E-state index contributed by atoms with van der Waals surface area (Å²) in [7, 11) is 0. The molecule has 0 saturated heterocycles. The van der Waals surface area contributed by atoms with E-state index in [1.807, 2.05) is 67.8 Å². The Balaban J connectivity index is 1.39. The maximum Gasteiger partial charge on any atom is 0.335 e. The number of carbonyl (C=O) groups excluding carboxylic acids is 1. The number of hydrogen-bond acceptors (Lipinski definition) is 4. The molecule has 0 radical (unpaired) electrons. The molecule has 2 N–H and O–H groups in total. The molecule has 6 aromatic rings. The van der Waals surface area contributed by atoms with Gasteiger partial charge in [-0.3, -0.25) is 9.78 Å². The number of rotatable bonds is 7. The molecule has 7 nitrogen and oxygen atoms in total. The number of aromatic carboxylic acids is 1. The standard InChI is InChI=1S/C33H26N4O3/c1-21(23-11-13-26(14-12-23)33(39)40)36-32(38)29-18-28(24-6-3-2-4-7-24)20-37-31(29)27(19-35-37)16-22-9-10-25-8-5-15-34-30(25)17-22/h2-15,17-21H,16H2,1H3,(H,36,38)(H,39,40)/t21-/m0/s1. The highest BCUT2D eigenvalue weighted by atomic mass is 16.4. The second-order valence-corrected chi connectivity index (χ2v) is 9.80. The summed E-state index contributed by atoms with van der Waals surface area (Å²) in [6.45, 7) is 1.88. The minimum atomic E-state index is -0.987. The molecule has 3 aromatic heterocycles. The van der Waals surface area contributed by atoms with Crippen LogP contribution in [0.25, 0.3) is 27.5 Å². The third-order valence-electron chi connectivity index (χ3n) is 7.11. The van der Waals surface area contributed by atoms with Gasteiger partial charge in [-0.15, -0.1) is 0 Å². The first-order valence-electron chi connectivity index (χ1n) is 13.0. The van der Waals surface area contributed by atoms with Crippen LogP contribution in [0.4, 0.5) is 0 Å². The lowest BCUT2D eigenvalue weighted by Gasteiger charge is -2.16. The Morgan fingerprint density at radius 1 is 0.925 bits per heavy atom. The van der Waals surface area contributed by atoms with Crippen LogP contribution in [0.15, 0.2) is 110 Å². The Morgan fingerprint density at radius 2 is 1.73 bits per heavy atom. The predicted molar refractivity (Wildman–Crippen MR) is 154 cm³/mol. The van der Waals surface area contributed by atoms with Crippen molar-refractivity contribution in [2.45, 2.75) is 19.4 Å². The highest BCUT2D eigenvalue weighted by Gasteiger charge is 2.20. The number of benzene rings is 3. The second kappa shape index (κ2) is 10.5. The maximum absolute atomic E-state index is 13.8. The summed E-state index contributed by atoms with van der Waals surface area (Å²) in [5, 5.41) is 18.0. The largest absolute Gasteiger partial charge is 0.478 e. The molecule has 0 fully saturated rings. The number of nitrogens with one attached hydrogen (secondary N) is 1. The fourth-order valence-electron chi connectivity index (χ4n) is 4.99. The van der Waals surface area contributed by atoms with E-state index in [0.717, 1.165) is 44.2 Å². The normalized spacial score (nSPS) is 11.9. The van der Waals surface area contributed by atoms with Crippen LogP contribution in [0.3, 0.4) is 0 Å². The van der Waals surface area contributed by atoms with Gasteiger partial charge in [-0.25, -0.2) is 9.31 Å². The van der Waals surface area contributed by atoms with E-state index in [1.54, 1.807) is 35.0 Å². The lowest BCUT2D eigenvalue weighted by molar-refractivity contribution is 0.0696. The molecule has 0 bridgehead atoms. The Labute approximate surface area is 230 Å². The zero-order chi connectivity index (χ0) is 27.6. The van der Waals surface area contributed by atoms with Crippen molar-refractivity contribution in [2.75, 3.05) is 0 Å². The number of carboxylic acids is 1. The van der Waals surface area contributed by atoms with Gasteiger partial charge in [0.15, 0.2) is 0 Å². The summed E-state index contributed by atoms with van der Waals surface area (Å²) in [6, 6.07) is 28.2. The number of carbonyl (C=O) groups is 2. The summed E-state index contributed by atoms with van der Waals surface area (Å²) in [5.41, 5.74) is 7.05. The molecular formula is C33H26N4O3. The SMILES string of the molecule is C[C@H](NC(=O)c1cc(-c2ccccc2)cn2ncc(Cc3ccc4cccnc4c3)c12)c1ccc(C(=O)O)cc1. The average Bonchev–Trinajstić information content (AvgIpc) is 3.39. The first-order chi connectivity index (χ1) is 19.5. The van der Waals surface area contributed by atoms with E-state index in [-0.39, 0.29) is 17.5 Å². The summed E-state index contributed by atoms with van der Waals surface area (Å²) in [6.07, 6.45) is 6.14. The van der Waals surface area contributed by atoms with Crippen molar-refractivity contribution >= 4 is 28.3 Å². The highest BCUT2D eigenvalue weighted by Crippen LogP contribution is 2.28. The Bertz CT molecular complexity index is 1860. The molecule has 0 spiro atoms. The minimum Gasteiger partial charge on any atom is -0.478 e. The van der Waals surface area contributed by atoms with Gasteiger partial charge in [-0.2, -0.15) is 5.10 Å². The van der Waals surface area contributed by atoms with Gasteiger partial charge in [-0.05, 0) is 53.9 Å². The van der Waals surface area contributed by atoms with Crippen LogP contribution in [0.2, 0.25) is 0 Å². The molecule has 0 unspecified atom stereocenters. The van der Waals surface area contributed by atoms with Crippen LogP contribution in [0.1, 0.15) is 50.4 Å². The molecule has 7 heteroatoms. The third kappa shape index (κ3) is 4.92. The number of pyridine rings is 2. The molecule has 0 aliphatic heterocycles. The zero-order valence-electron chi connectivity index (χ0n) is 21.8. The van der Waals surface area contributed by atoms with E-state index in [0.29, 0.717) is 12.0 Å². The van der Waals surface area contributed by atoms with Crippen LogP contribution >= 0.6 is 0 Å². The smallest absolute Gasteiger partial charge is 0.335 e. The molecule has 3 aromatic carbocycles. The number of carboxylic acid groups (broad SMARTS) is 1. The van der Waals surface area contributed by atoms with Crippen molar-refractivity contribution < 1.29 is 14.7 Å². The van der Waals surface area contributed by atoms with E-state index in [4.69, 9.17) is 0 Å². The molecule has 196 valence electrons. The summed E-state index contributed by atoms with van der Waals surface area (Å²) < 4.78 is 1.78. The van der Waals surface area contributed by atoms with E-state index in [2.05, 4.69) is 33.6 Å². The second-order valence-electron chi connectivity index (χ2n) is 9.80. The van der Waals surface area contributed by atoms with Gasteiger partial charge in [0.25, 0.3) is 5.91 Å². The predicted octanol–water partition coefficient (Wildman–Crippen LogP) is 6.33. The van der Waals surface area contributed by atoms with Crippen molar-refractivity contribution in [3.8, 4) is 11.1 Å². The van der Waals surface area contributed by atoms with Crippen molar-refractivity contribution in [3.63, 3.8) is 0 Å². The van der Waals surface area contributed by atoms with E-state index < -0.39 is 5.97 Å². The van der Waals surface area contributed by atoms with Crippen molar-refractivity contribution in [1.82, 2.24) is 19.9 Å². The molecule has 1 atom stereocenters. The first kappa shape index (κ1) is 25.0. The van der Waals surface area contributed by atoms with Gasteiger partial charge in [0.2, 0.25) is 0 Å². The Kier molecular flexibility index (Phi) is 6.54. The Hall–Kier alpha value is -5.30. The van der Waals surface area contributed by atoms with Crippen molar-refractivity contribution in [3.05, 3.63) is 137 Å². The van der Waals surface area contributed by atoms with Gasteiger partial charge < -0.3 is 10.4 Å². The maximum atomic E-state index is 13.8. The number of aromatic nitrogens is 3. The number of hydrogen-bond donors (Lipinski definition) is 2. The van der Waals surface area contributed by atoms with Crippen LogP contribution in [-0.4, -0.2) is 31.6 Å². The lowest BCUT2D eigenvalue weighted by Crippen LogP contribution is -2.27. The van der Waals surface area contributed by atoms with Crippen LogP contribution < -0.4 is 5.32 Å². The molecule has 0 aliphatic carbocycles. The van der Waals surface area contributed by atoms with Crippen LogP contribution in [0, 0.1) is 0 Å². The van der Waals surface area contributed by atoms with Gasteiger partial charge in [-0.1, -0.05) is 60.7 Å². The van der Waals surface area contributed by atoms with Gasteiger partial charge in [0.05, 0.1) is 34.4 Å². The van der Waals surface area contributed by atoms with Crippen LogP contribution in [0.5, 0.6) is 0 Å². The first-order valence-corrected chi connectivity index (χ1v) is 13.0. The fraction of sp³-hybridized carbons (Fsp3) is 0.0909. The average molecular weight is 527 g/mol. The molecule has 6 rings (SSSR count). The number of amides is 1. The zero-order valence-corrected chi connectivity index (χ0v) is 21.8. The van der Waals surface area contributed by atoms with E-state index >= 15 is 0 Å². The molecule has 0 aliphatic rings. The topological polar surface area (TPSA) is 96.6 Å². The minimum absolute atomic E-state index is 0.201. The molecule has 1 amide bonds. The van der Waals surface area contributed by atoms with Crippen molar-refractivity contribution in [1.29, 1.82) is 0 Å². The molecule has 0 saturated carbocycles. The summed E-state index contributed by atoms with van der Waals surface area (Å²) in [5.74, 6) is -1.22. The van der Waals surface area contributed by atoms with Gasteiger partial charge in [0.1, 0.15) is 0 Å².